The van der Waals surface area contributed by atoms with Crippen molar-refractivity contribution < 1.29 is 19.1 Å². The van der Waals surface area contributed by atoms with Crippen LogP contribution >= 0.6 is 0 Å². The number of amides is 2. The summed E-state index contributed by atoms with van der Waals surface area (Å²) in [6, 6.07) is 11.2. The molecule has 11 nitrogen and oxygen atoms in total. The van der Waals surface area contributed by atoms with E-state index in [0.29, 0.717) is 48.7 Å². The molecular formula is C29H35N7O4. The smallest absolute Gasteiger partial charge is 0.251 e. The Morgan fingerprint density at radius 3 is 2.88 bits per heavy atom. The number of aromatic nitrogens is 2. The number of carbonyl (C=O) groups is 2. The van der Waals surface area contributed by atoms with Crippen molar-refractivity contribution in [1.29, 1.82) is 0 Å². The van der Waals surface area contributed by atoms with Crippen molar-refractivity contribution in [2.45, 2.75) is 18.8 Å². The summed E-state index contributed by atoms with van der Waals surface area (Å²) in [4.78, 5) is 35.1. The van der Waals surface area contributed by atoms with Crippen molar-refractivity contribution in [3.63, 3.8) is 0 Å². The average molecular weight is 546 g/mol. The summed E-state index contributed by atoms with van der Waals surface area (Å²) < 4.78 is 12.0. The predicted octanol–water partition coefficient (Wildman–Crippen LogP) is 2.18. The number of likely N-dealkylation sites (N-methyl/N-ethyl adjacent to an activating group) is 1. The third-order valence-corrected chi connectivity index (χ3v) is 6.98. The monoisotopic (exact) mass is 545 g/mol. The van der Waals surface area contributed by atoms with Crippen LogP contribution in [0.2, 0.25) is 0 Å². The van der Waals surface area contributed by atoms with E-state index in [-0.39, 0.29) is 24.3 Å². The van der Waals surface area contributed by atoms with Crippen molar-refractivity contribution in [3.05, 3.63) is 71.3 Å². The van der Waals surface area contributed by atoms with Crippen LogP contribution in [0, 0.1) is 5.92 Å². The maximum atomic E-state index is 13.4. The highest BCUT2D eigenvalue weighted by Gasteiger charge is 2.28. The van der Waals surface area contributed by atoms with Crippen LogP contribution in [0.15, 0.2) is 54.0 Å². The number of nitrogens with one attached hydrogen (secondary N) is 4. The van der Waals surface area contributed by atoms with Crippen molar-refractivity contribution >= 4 is 23.7 Å². The highest BCUT2D eigenvalue weighted by atomic mass is 16.5. The average Bonchev–Trinajstić information content (AvgIpc) is 3.68. The molecule has 11 heteroatoms. The van der Waals surface area contributed by atoms with Gasteiger partial charge in [-0.3, -0.25) is 9.59 Å². The second kappa shape index (κ2) is 12.6. The second-order valence-electron chi connectivity index (χ2n) is 10.3. The highest BCUT2D eigenvalue weighted by molar-refractivity contribution is 5.96. The Hall–Kier alpha value is -4.38. The zero-order chi connectivity index (χ0) is 27.9. The van der Waals surface area contributed by atoms with Gasteiger partial charge in [0.05, 0.1) is 17.9 Å². The molecule has 2 atom stereocenters. The minimum atomic E-state index is -0.411. The molecule has 2 aliphatic rings. The van der Waals surface area contributed by atoms with E-state index in [2.05, 4.69) is 31.1 Å². The van der Waals surface area contributed by atoms with Gasteiger partial charge in [-0.15, -0.1) is 0 Å². The van der Waals surface area contributed by atoms with Crippen LogP contribution in [-0.2, 0) is 17.6 Å². The number of rotatable bonds is 11. The molecule has 210 valence electrons. The normalized spacial score (nSPS) is 17.6. The Morgan fingerprint density at radius 2 is 2.10 bits per heavy atom. The van der Waals surface area contributed by atoms with Crippen molar-refractivity contribution in [2.75, 3.05) is 52.3 Å². The fourth-order valence-electron chi connectivity index (χ4n) is 4.65. The predicted molar refractivity (Wildman–Crippen MR) is 152 cm³/mol. The number of anilines is 1. The second-order valence-corrected chi connectivity index (χ2v) is 10.3. The summed E-state index contributed by atoms with van der Waals surface area (Å²) >= 11 is 0. The largest absolute Gasteiger partial charge is 0.492 e. The lowest BCUT2D eigenvalue weighted by molar-refractivity contribution is -0.121. The maximum absolute atomic E-state index is 13.4. The van der Waals surface area contributed by atoms with E-state index < -0.39 is 5.92 Å². The number of H-pyrrole nitrogens is 1. The quantitative estimate of drug-likeness (QED) is 0.290. The standard InChI is InChI=1S/C29H35N7O4/c1-36(2)9-10-39-27-13-19(23-14-33-34-15-23)3-5-25(27)35-29(38)22-12-21-11-20(4-6-26(21)40-17-22)28(37)31-8-7-24-16-30-18-32-24/h3-6,11,13-14,16,18,22-23,34H,7-10,12,15,17H2,1-2H3,(H,30,32)(H,31,37)(H,35,38). The van der Waals surface area contributed by atoms with Crippen LogP contribution in [0.5, 0.6) is 11.5 Å². The molecule has 0 fully saturated rings. The molecule has 2 aromatic carbocycles. The molecule has 2 amide bonds. The van der Waals surface area contributed by atoms with Gasteiger partial charge in [-0.05, 0) is 62.0 Å². The van der Waals surface area contributed by atoms with Crippen LogP contribution < -0.4 is 25.5 Å². The maximum Gasteiger partial charge on any atom is 0.251 e. The molecule has 0 aliphatic carbocycles. The van der Waals surface area contributed by atoms with E-state index in [1.807, 2.05) is 49.5 Å². The van der Waals surface area contributed by atoms with E-state index in [4.69, 9.17) is 9.47 Å². The zero-order valence-electron chi connectivity index (χ0n) is 22.8. The number of benzene rings is 2. The fourth-order valence-corrected chi connectivity index (χ4v) is 4.65. The number of nitrogens with zero attached hydrogens (tertiary/aromatic N) is 3. The summed E-state index contributed by atoms with van der Waals surface area (Å²) in [6.07, 6.45) is 6.36. The number of carbonyl (C=O) groups excluding carboxylic acids is 2. The van der Waals surface area contributed by atoms with Gasteiger partial charge in [-0.25, -0.2) is 4.98 Å². The van der Waals surface area contributed by atoms with Crippen LogP contribution in [0.1, 0.15) is 33.1 Å². The molecule has 3 heterocycles. The van der Waals surface area contributed by atoms with Crippen molar-refractivity contribution in [1.82, 2.24) is 25.6 Å². The van der Waals surface area contributed by atoms with Crippen LogP contribution in [-0.4, -0.2) is 79.8 Å². The fraction of sp³-hybridized carbons (Fsp3) is 0.379. The van der Waals surface area contributed by atoms with Gasteiger partial charge in [-0.2, -0.15) is 5.10 Å². The molecule has 0 spiro atoms. The topological polar surface area (TPSA) is 133 Å². The Morgan fingerprint density at radius 1 is 1.20 bits per heavy atom. The van der Waals surface area contributed by atoms with Gasteiger partial charge in [0, 0.05) is 55.6 Å². The number of ether oxygens (including phenoxy) is 2. The summed E-state index contributed by atoms with van der Waals surface area (Å²) in [5.74, 6) is 0.735. The van der Waals surface area contributed by atoms with Crippen molar-refractivity contribution in [2.24, 2.45) is 11.0 Å². The van der Waals surface area contributed by atoms with Gasteiger partial charge in [0.25, 0.3) is 5.91 Å². The number of hydrazone groups is 1. The molecule has 40 heavy (non-hydrogen) atoms. The van der Waals surface area contributed by atoms with Gasteiger partial charge in [-0.1, -0.05) is 6.07 Å². The zero-order valence-corrected chi connectivity index (χ0v) is 22.8. The number of aromatic amines is 1. The SMILES string of the molecule is CN(C)CCOc1cc(C2C=NNC2)ccc1NC(=O)C1COc2ccc(C(=O)NCCc3cnc[nH]3)cc2C1. The molecule has 0 saturated carbocycles. The third-order valence-electron chi connectivity index (χ3n) is 6.98. The number of imidazole rings is 1. The van der Waals surface area contributed by atoms with Gasteiger partial charge in [0.1, 0.15) is 24.7 Å². The minimum Gasteiger partial charge on any atom is -0.492 e. The van der Waals surface area contributed by atoms with E-state index in [9.17, 15) is 9.59 Å². The number of fused-ring (bicyclic) bond motifs is 1. The van der Waals surface area contributed by atoms with Gasteiger partial charge in [0.15, 0.2) is 0 Å². The lowest BCUT2D eigenvalue weighted by Crippen LogP contribution is -2.33. The first-order valence-corrected chi connectivity index (χ1v) is 13.5. The Balaban J connectivity index is 1.23. The van der Waals surface area contributed by atoms with E-state index in [1.54, 1.807) is 24.7 Å². The Bertz CT molecular complexity index is 1360. The van der Waals surface area contributed by atoms with Crippen LogP contribution in [0.4, 0.5) is 5.69 Å². The van der Waals surface area contributed by atoms with E-state index in [1.165, 1.54) is 0 Å². The Kier molecular flexibility index (Phi) is 8.60. The Labute approximate surface area is 233 Å². The molecule has 0 saturated heterocycles. The third kappa shape index (κ3) is 6.78. The molecule has 4 N–H and O–H groups in total. The van der Waals surface area contributed by atoms with Crippen LogP contribution in [0.3, 0.4) is 0 Å². The molecular weight excluding hydrogens is 510 g/mol. The van der Waals surface area contributed by atoms with E-state index in [0.717, 1.165) is 29.9 Å². The summed E-state index contributed by atoms with van der Waals surface area (Å²) in [7, 11) is 3.97. The lowest BCUT2D eigenvalue weighted by atomic mass is 9.94. The van der Waals surface area contributed by atoms with Gasteiger partial charge in [0.2, 0.25) is 5.91 Å². The highest BCUT2D eigenvalue weighted by Crippen LogP contribution is 2.32. The first kappa shape index (κ1) is 27.2. The molecule has 2 unspecified atom stereocenters. The summed E-state index contributed by atoms with van der Waals surface area (Å²) in [6.45, 7) is 2.71. The molecule has 5 rings (SSSR count). The molecule has 2 aliphatic heterocycles. The van der Waals surface area contributed by atoms with Crippen molar-refractivity contribution in [3.8, 4) is 11.5 Å². The minimum absolute atomic E-state index is 0.154. The number of hydrogen-bond donors (Lipinski definition) is 4. The first-order chi connectivity index (χ1) is 19.5. The van der Waals surface area contributed by atoms with Crippen LogP contribution in [0.25, 0.3) is 0 Å². The summed E-state index contributed by atoms with van der Waals surface area (Å²) in [5.41, 5.74) is 6.99. The molecule has 1 aromatic heterocycles. The molecule has 0 radical (unpaired) electrons. The molecule has 0 bridgehead atoms. The summed E-state index contributed by atoms with van der Waals surface area (Å²) in [5, 5.41) is 10.1. The van der Waals surface area contributed by atoms with E-state index >= 15 is 0 Å². The van der Waals surface area contributed by atoms with Gasteiger partial charge >= 0.3 is 0 Å². The molecule has 3 aromatic rings. The first-order valence-electron chi connectivity index (χ1n) is 13.5. The number of hydrogen-bond acceptors (Lipinski definition) is 8. The lowest BCUT2D eigenvalue weighted by Gasteiger charge is -2.25. The van der Waals surface area contributed by atoms with Gasteiger partial charge < -0.3 is 35.4 Å².